The zero-order valence-electron chi connectivity index (χ0n) is 10.1. The van der Waals surface area contributed by atoms with E-state index >= 15 is 0 Å². The van der Waals surface area contributed by atoms with Crippen molar-refractivity contribution in [2.24, 2.45) is 23.0 Å². The molecule has 0 bridgehead atoms. The van der Waals surface area contributed by atoms with Crippen LogP contribution >= 0.6 is 0 Å². The number of primary amides is 1. The second-order valence-electron chi connectivity index (χ2n) is 5.57. The number of rotatable bonds is 3. The SMILES string of the molecule is CCC1(C(N)=O)CC(O)C1C1CCCCC1. The van der Waals surface area contributed by atoms with Crippen molar-refractivity contribution in [3.63, 3.8) is 0 Å². The van der Waals surface area contributed by atoms with Crippen molar-refractivity contribution in [1.82, 2.24) is 0 Å². The molecule has 0 aromatic heterocycles. The number of nitrogens with two attached hydrogens (primary N) is 1. The number of amides is 1. The van der Waals surface area contributed by atoms with E-state index in [-0.39, 0.29) is 17.9 Å². The Morgan fingerprint density at radius 3 is 2.44 bits per heavy atom. The Kier molecular flexibility index (Phi) is 3.24. The summed E-state index contributed by atoms with van der Waals surface area (Å²) in [5, 5.41) is 9.97. The molecule has 0 spiro atoms. The van der Waals surface area contributed by atoms with Crippen LogP contribution < -0.4 is 5.73 Å². The lowest BCUT2D eigenvalue weighted by atomic mass is 9.50. The summed E-state index contributed by atoms with van der Waals surface area (Å²) in [6, 6.07) is 0. The molecule has 2 aliphatic carbocycles. The molecule has 0 saturated heterocycles. The third-order valence-electron chi connectivity index (χ3n) is 4.91. The van der Waals surface area contributed by atoms with Gasteiger partial charge in [-0.2, -0.15) is 0 Å². The van der Waals surface area contributed by atoms with E-state index in [1.165, 1.54) is 19.3 Å². The second kappa shape index (κ2) is 4.36. The van der Waals surface area contributed by atoms with Gasteiger partial charge in [0.05, 0.1) is 11.5 Å². The first kappa shape index (κ1) is 11.9. The molecule has 2 aliphatic rings. The van der Waals surface area contributed by atoms with Crippen LogP contribution in [0.25, 0.3) is 0 Å². The van der Waals surface area contributed by atoms with E-state index in [2.05, 4.69) is 0 Å². The van der Waals surface area contributed by atoms with Crippen LogP contribution in [0.15, 0.2) is 0 Å². The number of carbonyl (C=O) groups is 1. The molecule has 3 nitrogen and oxygen atoms in total. The van der Waals surface area contributed by atoms with Gasteiger partial charge in [-0.1, -0.05) is 39.0 Å². The Balaban J connectivity index is 2.13. The van der Waals surface area contributed by atoms with E-state index in [0.717, 1.165) is 19.3 Å². The second-order valence-corrected chi connectivity index (χ2v) is 5.57. The van der Waals surface area contributed by atoms with E-state index in [9.17, 15) is 9.90 Å². The predicted octanol–water partition coefficient (Wildman–Crippen LogP) is 1.83. The van der Waals surface area contributed by atoms with E-state index in [0.29, 0.717) is 12.3 Å². The molecule has 3 unspecified atom stereocenters. The zero-order valence-corrected chi connectivity index (χ0v) is 10.1. The van der Waals surface area contributed by atoms with E-state index in [4.69, 9.17) is 5.73 Å². The third-order valence-corrected chi connectivity index (χ3v) is 4.91. The Bertz CT molecular complexity index is 273. The quantitative estimate of drug-likeness (QED) is 0.769. The minimum atomic E-state index is -0.401. The van der Waals surface area contributed by atoms with Crippen LogP contribution in [0.1, 0.15) is 51.9 Å². The van der Waals surface area contributed by atoms with E-state index in [1.54, 1.807) is 0 Å². The molecule has 0 aromatic carbocycles. The Morgan fingerprint density at radius 1 is 1.38 bits per heavy atom. The summed E-state index contributed by atoms with van der Waals surface area (Å²) in [7, 11) is 0. The summed E-state index contributed by atoms with van der Waals surface area (Å²) >= 11 is 0. The van der Waals surface area contributed by atoms with Gasteiger partial charge in [-0.15, -0.1) is 0 Å². The predicted molar refractivity (Wildman–Crippen MR) is 62.6 cm³/mol. The first-order chi connectivity index (χ1) is 7.62. The highest BCUT2D eigenvalue weighted by Crippen LogP contribution is 2.55. The van der Waals surface area contributed by atoms with Gasteiger partial charge in [0.1, 0.15) is 0 Å². The maximum absolute atomic E-state index is 11.6. The highest BCUT2D eigenvalue weighted by molar-refractivity contribution is 5.82. The van der Waals surface area contributed by atoms with Crippen LogP contribution in [0.4, 0.5) is 0 Å². The van der Waals surface area contributed by atoms with Gasteiger partial charge >= 0.3 is 0 Å². The third kappa shape index (κ3) is 1.65. The standard InChI is InChI=1S/C13H23NO2/c1-2-13(12(14)16)8-10(15)11(13)9-6-4-3-5-7-9/h9-11,15H,2-8H2,1H3,(H2,14,16). The van der Waals surface area contributed by atoms with E-state index < -0.39 is 5.41 Å². The molecule has 3 atom stereocenters. The van der Waals surface area contributed by atoms with Crippen LogP contribution in [0.2, 0.25) is 0 Å². The average Bonchev–Trinajstić information content (AvgIpc) is 2.26. The lowest BCUT2D eigenvalue weighted by molar-refractivity contribution is -0.169. The fourth-order valence-electron chi connectivity index (χ4n) is 3.92. The number of hydrogen-bond acceptors (Lipinski definition) is 2. The van der Waals surface area contributed by atoms with Gasteiger partial charge in [0, 0.05) is 5.92 Å². The molecular formula is C13H23NO2. The minimum Gasteiger partial charge on any atom is -0.393 e. The smallest absolute Gasteiger partial charge is 0.224 e. The van der Waals surface area contributed by atoms with Gasteiger partial charge in [-0.05, 0) is 18.8 Å². The van der Waals surface area contributed by atoms with Crippen molar-refractivity contribution in [3.8, 4) is 0 Å². The number of aliphatic hydroxyl groups excluding tert-OH is 1. The number of carbonyl (C=O) groups excluding carboxylic acids is 1. The maximum atomic E-state index is 11.6. The van der Waals surface area contributed by atoms with Crippen molar-refractivity contribution in [2.75, 3.05) is 0 Å². The molecule has 0 radical (unpaired) electrons. The summed E-state index contributed by atoms with van der Waals surface area (Å²) in [6.45, 7) is 2.02. The molecule has 2 saturated carbocycles. The molecule has 92 valence electrons. The van der Waals surface area contributed by atoms with Crippen LogP contribution in [0.5, 0.6) is 0 Å². The molecule has 3 heteroatoms. The monoisotopic (exact) mass is 225 g/mol. The van der Waals surface area contributed by atoms with Gasteiger partial charge in [-0.3, -0.25) is 4.79 Å². The van der Waals surface area contributed by atoms with E-state index in [1.807, 2.05) is 6.92 Å². The minimum absolute atomic E-state index is 0.135. The van der Waals surface area contributed by atoms with Crippen LogP contribution in [-0.2, 0) is 4.79 Å². The summed E-state index contributed by atoms with van der Waals surface area (Å²) in [6.07, 6.45) is 7.18. The summed E-state index contributed by atoms with van der Waals surface area (Å²) in [4.78, 5) is 11.6. The highest BCUT2D eigenvalue weighted by Gasteiger charge is 2.58. The summed E-state index contributed by atoms with van der Waals surface area (Å²) in [5.41, 5.74) is 5.15. The first-order valence-corrected chi connectivity index (χ1v) is 6.60. The summed E-state index contributed by atoms with van der Waals surface area (Å²) in [5.74, 6) is 0.455. The first-order valence-electron chi connectivity index (χ1n) is 6.60. The molecule has 16 heavy (non-hydrogen) atoms. The van der Waals surface area contributed by atoms with Crippen molar-refractivity contribution in [3.05, 3.63) is 0 Å². The molecular weight excluding hydrogens is 202 g/mol. The number of aliphatic hydroxyl groups is 1. The average molecular weight is 225 g/mol. The van der Waals surface area contributed by atoms with Crippen molar-refractivity contribution in [1.29, 1.82) is 0 Å². The van der Waals surface area contributed by atoms with Gasteiger partial charge in [0.15, 0.2) is 0 Å². The topological polar surface area (TPSA) is 63.3 Å². The lowest BCUT2D eigenvalue weighted by Crippen LogP contribution is -2.60. The van der Waals surface area contributed by atoms with Gasteiger partial charge in [-0.25, -0.2) is 0 Å². The molecule has 3 N–H and O–H groups in total. The van der Waals surface area contributed by atoms with Crippen LogP contribution in [-0.4, -0.2) is 17.1 Å². The fraction of sp³-hybridized carbons (Fsp3) is 0.923. The molecule has 2 fully saturated rings. The molecule has 2 rings (SSSR count). The molecule has 0 heterocycles. The van der Waals surface area contributed by atoms with Crippen molar-refractivity contribution < 1.29 is 9.90 Å². The lowest BCUT2D eigenvalue weighted by Gasteiger charge is -2.54. The maximum Gasteiger partial charge on any atom is 0.224 e. The van der Waals surface area contributed by atoms with Gasteiger partial charge < -0.3 is 10.8 Å². The Labute approximate surface area is 97.4 Å². The van der Waals surface area contributed by atoms with Gasteiger partial charge in [0.25, 0.3) is 0 Å². The molecule has 0 aromatic rings. The van der Waals surface area contributed by atoms with Crippen molar-refractivity contribution in [2.45, 2.75) is 58.0 Å². The molecule has 1 amide bonds. The fourth-order valence-corrected chi connectivity index (χ4v) is 3.92. The highest BCUT2D eigenvalue weighted by atomic mass is 16.3. The van der Waals surface area contributed by atoms with Crippen LogP contribution in [0.3, 0.4) is 0 Å². The summed E-state index contributed by atoms with van der Waals surface area (Å²) < 4.78 is 0. The normalized spacial score (nSPS) is 40.4. The van der Waals surface area contributed by atoms with Gasteiger partial charge in [0.2, 0.25) is 5.91 Å². The Hall–Kier alpha value is -0.570. The number of hydrogen-bond donors (Lipinski definition) is 2. The molecule has 0 aliphatic heterocycles. The Morgan fingerprint density at radius 2 is 2.00 bits per heavy atom. The zero-order chi connectivity index (χ0) is 11.8. The van der Waals surface area contributed by atoms with Crippen molar-refractivity contribution >= 4 is 5.91 Å². The largest absolute Gasteiger partial charge is 0.393 e. The van der Waals surface area contributed by atoms with Crippen LogP contribution in [0, 0.1) is 17.3 Å².